The molecule has 1 atom stereocenters. The number of hydrogen-bond acceptors (Lipinski definition) is 3. The molecule has 0 aromatic heterocycles. The number of likely N-dealkylation sites (N-methyl/N-ethyl adjacent to an activating group) is 1. The van der Waals surface area contributed by atoms with Crippen LogP contribution >= 0.6 is 0 Å². The third-order valence-corrected chi connectivity index (χ3v) is 5.81. The maximum absolute atomic E-state index is 12.6. The van der Waals surface area contributed by atoms with Crippen LogP contribution in [-0.2, 0) is 11.2 Å². The number of aryl methyl sites for hydroxylation is 1. The maximum Gasteiger partial charge on any atom is 0.235 e. The zero-order valence-electron chi connectivity index (χ0n) is 15.3. The van der Waals surface area contributed by atoms with Gasteiger partial charge < -0.3 is 5.32 Å². The van der Waals surface area contributed by atoms with Gasteiger partial charge in [-0.3, -0.25) is 9.69 Å². The fourth-order valence-corrected chi connectivity index (χ4v) is 4.43. The molecule has 0 bridgehead atoms. The van der Waals surface area contributed by atoms with Crippen molar-refractivity contribution in [2.24, 2.45) is 0 Å². The van der Waals surface area contributed by atoms with E-state index >= 15 is 0 Å². The molecule has 0 aliphatic heterocycles. The average molecular weight is 339 g/mol. The lowest BCUT2D eigenvalue weighted by atomic mass is 9.87. The van der Waals surface area contributed by atoms with Crippen molar-refractivity contribution in [3.8, 4) is 6.07 Å². The van der Waals surface area contributed by atoms with Gasteiger partial charge in [-0.25, -0.2) is 0 Å². The van der Waals surface area contributed by atoms with E-state index in [9.17, 15) is 10.1 Å². The monoisotopic (exact) mass is 339 g/mol. The lowest BCUT2D eigenvalue weighted by Crippen LogP contribution is -2.50. The molecule has 2 aliphatic carbocycles. The molecule has 1 N–H and O–H groups in total. The molecule has 3 rings (SSSR count). The summed E-state index contributed by atoms with van der Waals surface area (Å²) >= 11 is 0. The van der Waals surface area contributed by atoms with Crippen LogP contribution in [0.3, 0.4) is 0 Å². The van der Waals surface area contributed by atoms with Crippen molar-refractivity contribution in [3.63, 3.8) is 0 Å². The van der Waals surface area contributed by atoms with Gasteiger partial charge in [-0.05, 0) is 50.3 Å². The number of nitrogens with zero attached hydrogens (tertiary/aromatic N) is 2. The first-order chi connectivity index (χ1) is 12.1. The van der Waals surface area contributed by atoms with Gasteiger partial charge in [0.15, 0.2) is 0 Å². The molecule has 0 heterocycles. The Labute approximate surface area is 151 Å². The number of benzene rings is 1. The molecule has 2 aliphatic rings. The molecule has 134 valence electrons. The van der Waals surface area contributed by atoms with Crippen LogP contribution in [0.15, 0.2) is 24.3 Å². The van der Waals surface area contributed by atoms with Crippen LogP contribution in [0.25, 0.3) is 0 Å². The summed E-state index contributed by atoms with van der Waals surface area (Å²) in [5, 5.41) is 12.7. The van der Waals surface area contributed by atoms with Gasteiger partial charge >= 0.3 is 0 Å². The lowest BCUT2D eigenvalue weighted by Gasteiger charge is -2.34. The Kier molecular flexibility index (Phi) is 5.75. The van der Waals surface area contributed by atoms with Crippen LogP contribution in [0, 0.1) is 11.3 Å². The predicted molar refractivity (Wildman–Crippen MR) is 98.9 cm³/mol. The molecule has 0 saturated heterocycles. The number of nitrogens with one attached hydrogen (secondary N) is 1. The Morgan fingerprint density at radius 3 is 2.68 bits per heavy atom. The van der Waals surface area contributed by atoms with E-state index in [1.165, 1.54) is 11.1 Å². The molecule has 1 saturated carbocycles. The Hall–Kier alpha value is -1.86. The molecular formula is C21H29N3O. The number of hydrogen-bond donors (Lipinski definition) is 1. The highest BCUT2D eigenvalue weighted by atomic mass is 16.2. The Balaban J connectivity index is 1.64. The minimum absolute atomic E-state index is 0.0194. The average Bonchev–Trinajstić information content (AvgIpc) is 2.87. The molecule has 1 amide bonds. The summed E-state index contributed by atoms with van der Waals surface area (Å²) in [7, 11) is 2.03. The molecule has 25 heavy (non-hydrogen) atoms. The van der Waals surface area contributed by atoms with E-state index in [0.717, 1.165) is 57.8 Å². The van der Waals surface area contributed by atoms with Crippen LogP contribution in [0.4, 0.5) is 0 Å². The zero-order valence-corrected chi connectivity index (χ0v) is 15.3. The number of carbonyl (C=O) groups excluding carboxylic acids is 1. The van der Waals surface area contributed by atoms with Crippen LogP contribution < -0.4 is 5.32 Å². The largest absolute Gasteiger partial charge is 0.337 e. The van der Waals surface area contributed by atoms with Crippen molar-refractivity contribution in [2.75, 3.05) is 13.6 Å². The molecule has 4 heteroatoms. The topological polar surface area (TPSA) is 56.1 Å². The summed E-state index contributed by atoms with van der Waals surface area (Å²) in [5.74, 6) is -0.0194. The van der Waals surface area contributed by atoms with E-state index in [1.807, 2.05) is 7.05 Å². The number of nitriles is 1. The first kappa shape index (κ1) is 17.9. The highest BCUT2D eigenvalue weighted by Crippen LogP contribution is 2.33. The molecule has 1 aromatic carbocycles. The first-order valence-corrected chi connectivity index (χ1v) is 9.64. The fraction of sp³-hybridized carbons (Fsp3) is 0.619. The number of carbonyl (C=O) groups is 1. The quantitative estimate of drug-likeness (QED) is 0.851. The van der Waals surface area contributed by atoms with Crippen molar-refractivity contribution in [1.82, 2.24) is 10.2 Å². The van der Waals surface area contributed by atoms with Gasteiger partial charge in [-0.15, -0.1) is 0 Å². The summed E-state index contributed by atoms with van der Waals surface area (Å²) in [6.45, 7) is 0.350. The maximum atomic E-state index is 12.6. The lowest BCUT2D eigenvalue weighted by molar-refractivity contribution is -0.124. The highest BCUT2D eigenvalue weighted by Gasteiger charge is 2.33. The second-order valence-electron chi connectivity index (χ2n) is 7.68. The molecular weight excluding hydrogens is 310 g/mol. The van der Waals surface area contributed by atoms with Gasteiger partial charge in [0.05, 0.1) is 12.6 Å². The van der Waals surface area contributed by atoms with E-state index in [0.29, 0.717) is 12.6 Å². The SMILES string of the molecule is CN(CC(=O)NC1(C#N)CCCCCC1)C1CCCc2ccccc21. The van der Waals surface area contributed by atoms with Crippen LogP contribution in [0.1, 0.15) is 68.5 Å². The molecule has 4 nitrogen and oxygen atoms in total. The van der Waals surface area contributed by atoms with Crippen LogP contribution in [-0.4, -0.2) is 29.9 Å². The van der Waals surface area contributed by atoms with E-state index in [2.05, 4.69) is 40.6 Å². The molecule has 1 aromatic rings. The summed E-state index contributed by atoms with van der Waals surface area (Å²) in [4.78, 5) is 14.8. The number of amides is 1. The number of fused-ring (bicyclic) bond motifs is 1. The Bertz CT molecular complexity index is 641. The van der Waals surface area contributed by atoms with Gasteiger partial charge in [0.25, 0.3) is 0 Å². The standard InChI is InChI=1S/C21H29N3O/c1-24(19-12-8-10-17-9-4-5-11-18(17)19)15-20(25)23-21(16-22)13-6-2-3-7-14-21/h4-5,9,11,19H,2-3,6-8,10,12-15H2,1H3,(H,23,25). The highest BCUT2D eigenvalue weighted by molar-refractivity contribution is 5.79. The molecule has 0 spiro atoms. The second-order valence-corrected chi connectivity index (χ2v) is 7.68. The molecule has 0 radical (unpaired) electrons. The predicted octanol–water partition coefficient (Wildman–Crippen LogP) is 3.73. The van der Waals surface area contributed by atoms with Crippen molar-refractivity contribution >= 4 is 5.91 Å². The smallest absolute Gasteiger partial charge is 0.235 e. The summed E-state index contributed by atoms with van der Waals surface area (Å²) in [6, 6.07) is 11.3. The van der Waals surface area contributed by atoms with E-state index in [1.54, 1.807) is 0 Å². The minimum Gasteiger partial charge on any atom is -0.337 e. The van der Waals surface area contributed by atoms with Crippen molar-refractivity contribution in [1.29, 1.82) is 5.26 Å². The molecule has 1 unspecified atom stereocenters. The van der Waals surface area contributed by atoms with Gasteiger partial charge in [-0.1, -0.05) is 49.9 Å². The van der Waals surface area contributed by atoms with E-state index in [4.69, 9.17) is 0 Å². The summed E-state index contributed by atoms with van der Waals surface area (Å²) in [5.41, 5.74) is 2.11. The van der Waals surface area contributed by atoms with Crippen molar-refractivity contribution < 1.29 is 4.79 Å². The minimum atomic E-state index is -0.654. The van der Waals surface area contributed by atoms with E-state index < -0.39 is 5.54 Å². The van der Waals surface area contributed by atoms with Crippen LogP contribution in [0.2, 0.25) is 0 Å². The van der Waals surface area contributed by atoms with Crippen LogP contribution in [0.5, 0.6) is 0 Å². The summed E-state index contributed by atoms with van der Waals surface area (Å²) < 4.78 is 0. The van der Waals surface area contributed by atoms with Gasteiger partial charge in [-0.2, -0.15) is 5.26 Å². The normalized spacial score (nSPS) is 22.5. The second kappa shape index (κ2) is 8.01. The Morgan fingerprint density at radius 1 is 1.24 bits per heavy atom. The van der Waals surface area contributed by atoms with Gasteiger partial charge in [0.2, 0.25) is 5.91 Å². The third-order valence-electron chi connectivity index (χ3n) is 5.81. The van der Waals surface area contributed by atoms with Gasteiger partial charge in [0.1, 0.15) is 5.54 Å². The zero-order chi connectivity index (χ0) is 17.7. The molecule has 1 fully saturated rings. The third kappa shape index (κ3) is 4.22. The fourth-order valence-electron chi connectivity index (χ4n) is 4.43. The Morgan fingerprint density at radius 2 is 1.96 bits per heavy atom. The first-order valence-electron chi connectivity index (χ1n) is 9.64. The van der Waals surface area contributed by atoms with Crippen molar-refractivity contribution in [3.05, 3.63) is 35.4 Å². The number of rotatable bonds is 4. The summed E-state index contributed by atoms with van der Waals surface area (Å²) in [6.07, 6.45) is 9.33. The van der Waals surface area contributed by atoms with Gasteiger partial charge in [0, 0.05) is 6.04 Å². The van der Waals surface area contributed by atoms with E-state index in [-0.39, 0.29) is 5.91 Å². The van der Waals surface area contributed by atoms with Crippen molar-refractivity contribution in [2.45, 2.75) is 69.4 Å².